The quantitative estimate of drug-likeness (QED) is 0.671. The standard InChI is InChI=1S/C17H20ClNO2/c1-17(2,14-9-11-19-12-10-14)21-16(20)8-5-13-3-6-15(18)7-4-13/h3-4,6-7,14,19H,9-12H2,1-2H3/p+1. The number of rotatable bonds is 2. The average molecular weight is 307 g/mol. The molecule has 2 N–H and O–H groups in total. The van der Waals surface area contributed by atoms with Crippen LogP contribution in [0, 0.1) is 17.8 Å². The number of piperidine rings is 1. The normalized spacial score (nSPS) is 16.0. The summed E-state index contributed by atoms with van der Waals surface area (Å²) >= 11 is 5.81. The molecule has 0 unspecified atom stereocenters. The molecule has 0 spiro atoms. The van der Waals surface area contributed by atoms with E-state index in [9.17, 15) is 4.79 Å². The molecule has 1 saturated heterocycles. The zero-order valence-corrected chi connectivity index (χ0v) is 13.2. The van der Waals surface area contributed by atoms with Crippen LogP contribution in [0.15, 0.2) is 24.3 Å². The largest absolute Gasteiger partial charge is 0.450 e. The number of nitrogens with two attached hydrogens (primary N) is 1. The second-order valence-corrected chi connectivity index (χ2v) is 6.33. The second-order valence-electron chi connectivity index (χ2n) is 5.89. The van der Waals surface area contributed by atoms with Crippen molar-refractivity contribution in [2.24, 2.45) is 5.92 Å². The number of esters is 1. The highest BCUT2D eigenvalue weighted by Gasteiger charge is 2.34. The summed E-state index contributed by atoms with van der Waals surface area (Å²) in [5.74, 6) is 5.30. The van der Waals surface area contributed by atoms with Crippen LogP contribution >= 0.6 is 11.6 Å². The van der Waals surface area contributed by atoms with E-state index in [1.54, 1.807) is 24.3 Å². The van der Waals surface area contributed by atoms with Crippen molar-refractivity contribution in [1.29, 1.82) is 0 Å². The first kappa shape index (κ1) is 15.9. The zero-order valence-electron chi connectivity index (χ0n) is 12.5. The smallest absolute Gasteiger partial charge is 0.385 e. The Morgan fingerprint density at radius 2 is 1.90 bits per heavy atom. The third kappa shape index (κ3) is 4.77. The molecular formula is C17H21ClNO2+. The second kappa shape index (κ2) is 6.98. The predicted molar refractivity (Wildman–Crippen MR) is 82.9 cm³/mol. The van der Waals surface area contributed by atoms with Gasteiger partial charge in [0.2, 0.25) is 0 Å². The summed E-state index contributed by atoms with van der Waals surface area (Å²) in [6.07, 6.45) is 2.15. The van der Waals surface area contributed by atoms with Gasteiger partial charge in [0, 0.05) is 35.3 Å². The maximum Gasteiger partial charge on any atom is 0.385 e. The highest BCUT2D eigenvalue weighted by molar-refractivity contribution is 6.30. The number of carbonyl (C=O) groups excluding carboxylic acids is 1. The van der Waals surface area contributed by atoms with Gasteiger partial charge in [-0.25, -0.2) is 4.79 Å². The Bertz CT molecular complexity index is 548. The predicted octanol–water partition coefficient (Wildman–Crippen LogP) is 1.99. The van der Waals surface area contributed by atoms with E-state index in [1.807, 2.05) is 13.8 Å². The fourth-order valence-electron chi connectivity index (χ4n) is 2.63. The fraction of sp³-hybridized carbons (Fsp3) is 0.471. The van der Waals surface area contributed by atoms with Gasteiger partial charge in [0.15, 0.2) is 0 Å². The first-order chi connectivity index (χ1) is 9.97. The van der Waals surface area contributed by atoms with Crippen LogP contribution in [-0.2, 0) is 9.53 Å². The fourth-order valence-corrected chi connectivity index (χ4v) is 2.75. The van der Waals surface area contributed by atoms with Gasteiger partial charge in [0.25, 0.3) is 0 Å². The van der Waals surface area contributed by atoms with Crippen LogP contribution in [0.25, 0.3) is 0 Å². The number of halogens is 1. The minimum Gasteiger partial charge on any atom is -0.450 e. The lowest BCUT2D eigenvalue weighted by Gasteiger charge is -2.34. The van der Waals surface area contributed by atoms with E-state index in [0.29, 0.717) is 10.9 Å². The topological polar surface area (TPSA) is 42.9 Å². The van der Waals surface area contributed by atoms with Crippen LogP contribution in [0.3, 0.4) is 0 Å². The SMILES string of the molecule is CC(C)(OC(=O)C#Cc1ccc(Cl)cc1)C1CC[NH2+]CC1. The molecule has 0 atom stereocenters. The highest BCUT2D eigenvalue weighted by atomic mass is 35.5. The molecule has 0 radical (unpaired) electrons. The molecule has 0 bridgehead atoms. The van der Waals surface area contributed by atoms with Gasteiger partial charge >= 0.3 is 5.97 Å². The van der Waals surface area contributed by atoms with Crippen LogP contribution in [0.4, 0.5) is 0 Å². The van der Waals surface area contributed by atoms with Crippen molar-refractivity contribution >= 4 is 17.6 Å². The van der Waals surface area contributed by atoms with E-state index in [4.69, 9.17) is 16.3 Å². The summed E-state index contributed by atoms with van der Waals surface area (Å²) in [5.41, 5.74) is 0.293. The van der Waals surface area contributed by atoms with E-state index >= 15 is 0 Å². The van der Waals surface area contributed by atoms with Crippen molar-refractivity contribution in [2.75, 3.05) is 13.1 Å². The molecule has 1 fully saturated rings. The first-order valence-corrected chi connectivity index (χ1v) is 7.67. The number of hydrogen-bond acceptors (Lipinski definition) is 2. The van der Waals surface area contributed by atoms with Gasteiger partial charge in [-0.05, 0) is 38.1 Å². The van der Waals surface area contributed by atoms with E-state index in [2.05, 4.69) is 17.2 Å². The Morgan fingerprint density at radius 1 is 1.29 bits per heavy atom. The monoisotopic (exact) mass is 306 g/mol. The lowest BCUT2D eigenvalue weighted by molar-refractivity contribution is -0.665. The number of ether oxygens (including phenoxy) is 1. The Hall–Kier alpha value is -1.50. The van der Waals surface area contributed by atoms with Gasteiger partial charge in [-0.2, -0.15) is 0 Å². The summed E-state index contributed by atoms with van der Waals surface area (Å²) in [7, 11) is 0. The van der Waals surface area contributed by atoms with Crippen molar-refractivity contribution in [2.45, 2.75) is 32.3 Å². The van der Waals surface area contributed by atoms with Crippen molar-refractivity contribution < 1.29 is 14.8 Å². The zero-order chi connectivity index (χ0) is 15.3. The molecule has 1 heterocycles. The molecule has 112 valence electrons. The summed E-state index contributed by atoms with van der Waals surface area (Å²) < 4.78 is 5.57. The third-order valence-electron chi connectivity index (χ3n) is 3.93. The van der Waals surface area contributed by atoms with Crippen LogP contribution < -0.4 is 5.32 Å². The lowest BCUT2D eigenvalue weighted by Crippen LogP contribution is -2.86. The molecule has 1 aromatic carbocycles. The Balaban J connectivity index is 1.96. The van der Waals surface area contributed by atoms with Crippen molar-refractivity contribution in [3.05, 3.63) is 34.9 Å². The number of quaternary nitrogens is 1. The van der Waals surface area contributed by atoms with Gasteiger partial charge in [-0.3, -0.25) is 0 Å². The average Bonchev–Trinajstić information content (AvgIpc) is 2.47. The summed E-state index contributed by atoms with van der Waals surface area (Å²) in [6.45, 7) is 6.15. The maximum atomic E-state index is 11.9. The molecule has 3 nitrogen and oxygen atoms in total. The van der Waals surface area contributed by atoms with Gasteiger partial charge < -0.3 is 10.1 Å². The van der Waals surface area contributed by atoms with Crippen LogP contribution in [0.1, 0.15) is 32.3 Å². The summed E-state index contributed by atoms with van der Waals surface area (Å²) in [4.78, 5) is 11.9. The van der Waals surface area contributed by atoms with E-state index in [-0.39, 0.29) is 0 Å². The van der Waals surface area contributed by atoms with Crippen LogP contribution in [-0.4, -0.2) is 24.7 Å². The van der Waals surface area contributed by atoms with E-state index < -0.39 is 11.6 Å². The third-order valence-corrected chi connectivity index (χ3v) is 4.18. The Labute approximate surface area is 131 Å². The molecular weight excluding hydrogens is 286 g/mol. The minimum atomic E-state index is -0.468. The maximum absolute atomic E-state index is 11.9. The number of benzene rings is 1. The van der Waals surface area contributed by atoms with Gasteiger partial charge in [-0.1, -0.05) is 17.5 Å². The number of hydrogen-bond donors (Lipinski definition) is 1. The Morgan fingerprint density at radius 3 is 2.52 bits per heavy atom. The molecule has 0 saturated carbocycles. The van der Waals surface area contributed by atoms with E-state index in [1.165, 1.54) is 0 Å². The molecule has 21 heavy (non-hydrogen) atoms. The molecule has 0 aliphatic carbocycles. The number of carbonyl (C=O) groups is 1. The van der Waals surface area contributed by atoms with Crippen molar-refractivity contribution in [3.8, 4) is 11.8 Å². The van der Waals surface area contributed by atoms with Gasteiger partial charge in [0.05, 0.1) is 13.1 Å². The molecule has 1 aromatic rings. The Kier molecular flexibility index (Phi) is 5.27. The van der Waals surface area contributed by atoms with Crippen LogP contribution in [0.5, 0.6) is 0 Å². The van der Waals surface area contributed by atoms with Crippen LogP contribution in [0.2, 0.25) is 5.02 Å². The minimum absolute atomic E-state index is 0.406. The van der Waals surface area contributed by atoms with E-state index in [0.717, 1.165) is 31.5 Å². The molecule has 4 heteroatoms. The first-order valence-electron chi connectivity index (χ1n) is 7.29. The van der Waals surface area contributed by atoms with Crippen molar-refractivity contribution in [3.63, 3.8) is 0 Å². The van der Waals surface area contributed by atoms with Gasteiger partial charge in [0.1, 0.15) is 5.60 Å². The van der Waals surface area contributed by atoms with Crippen molar-refractivity contribution in [1.82, 2.24) is 0 Å². The molecule has 0 amide bonds. The molecule has 2 rings (SSSR count). The van der Waals surface area contributed by atoms with Gasteiger partial charge in [-0.15, -0.1) is 0 Å². The molecule has 0 aromatic heterocycles. The highest BCUT2D eigenvalue weighted by Crippen LogP contribution is 2.27. The summed E-state index contributed by atoms with van der Waals surface area (Å²) in [5, 5.41) is 2.95. The summed E-state index contributed by atoms with van der Waals surface area (Å²) in [6, 6.07) is 7.06. The lowest BCUT2D eigenvalue weighted by atomic mass is 9.83. The molecule has 1 aliphatic rings. The molecule has 1 aliphatic heterocycles.